The average Bonchev–Trinajstić information content (AvgIpc) is 2.55. The van der Waals surface area contributed by atoms with Gasteiger partial charge in [0.05, 0.1) is 0 Å². The first-order valence-electron chi connectivity index (χ1n) is 7.47. The van der Waals surface area contributed by atoms with Crippen LogP contribution in [0.4, 0.5) is 32.0 Å². The molecule has 0 unspecified atom stereocenters. The van der Waals surface area contributed by atoms with Crippen molar-refractivity contribution in [2.24, 2.45) is 0 Å². The van der Waals surface area contributed by atoms with Crippen LogP contribution in [0.2, 0.25) is 0 Å². The zero-order chi connectivity index (χ0) is 22.7. The molecule has 0 N–H and O–H groups in total. The number of benzene rings is 1. The van der Waals surface area contributed by atoms with Gasteiger partial charge < -0.3 is 4.90 Å². The van der Waals surface area contributed by atoms with Crippen LogP contribution in [-0.4, -0.2) is 41.9 Å². The molecule has 13 heteroatoms. The number of hydrogen-bond donors (Lipinski definition) is 0. The van der Waals surface area contributed by atoms with Crippen LogP contribution in [0.3, 0.4) is 0 Å². The number of alkyl halides is 6. The Hall–Kier alpha value is -2.28. The predicted molar refractivity (Wildman–Crippen MR) is 97.0 cm³/mol. The normalized spacial score (nSPS) is 13.8. The minimum atomic E-state index is -6.76. The van der Waals surface area contributed by atoms with E-state index in [1.165, 1.54) is 12.2 Å². The van der Waals surface area contributed by atoms with Gasteiger partial charge in [-0.1, -0.05) is 36.4 Å². The summed E-state index contributed by atoms with van der Waals surface area (Å²) in [6.07, 6.45) is 3.69. The molecule has 0 aliphatic carbocycles. The van der Waals surface area contributed by atoms with Crippen LogP contribution in [0.15, 0.2) is 52.8 Å². The highest BCUT2D eigenvalue weighted by Gasteiger charge is 2.59. The van der Waals surface area contributed by atoms with E-state index in [4.69, 9.17) is 0 Å². The first-order chi connectivity index (χ1) is 13.0. The monoisotopic (exact) mass is 463 g/mol. The van der Waals surface area contributed by atoms with E-state index < -0.39 is 34.9 Å². The van der Waals surface area contributed by atoms with Crippen molar-refractivity contribution in [2.75, 3.05) is 19.0 Å². The van der Waals surface area contributed by atoms with Crippen molar-refractivity contribution in [3.63, 3.8) is 0 Å². The summed E-state index contributed by atoms with van der Waals surface area (Å²) < 4.78 is 118. The number of rotatable bonds is 6. The number of anilines is 1. The second kappa shape index (κ2) is 8.61. The summed E-state index contributed by atoms with van der Waals surface area (Å²) in [5, 5.41) is 0. The van der Waals surface area contributed by atoms with Gasteiger partial charge in [-0.25, -0.2) is 16.8 Å². The van der Waals surface area contributed by atoms with E-state index in [1.54, 1.807) is 43.3 Å². The van der Waals surface area contributed by atoms with Crippen molar-refractivity contribution in [2.45, 2.75) is 11.0 Å². The molecule has 0 spiro atoms. The van der Waals surface area contributed by atoms with Gasteiger partial charge in [0.1, 0.15) is 0 Å². The molecule has 0 aliphatic heterocycles. The van der Waals surface area contributed by atoms with Gasteiger partial charge in [-0.15, -0.1) is 0 Å². The van der Waals surface area contributed by atoms with Crippen LogP contribution in [0, 0.1) is 0 Å². The fourth-order valence-corrected chi connectivity index (χ4v) is 4.52. The highest BCUT2D eigenvalue weighted by Crippen LogP contribution is 2.38. The molecule has 0 atom stereocenters. The standard InChI is InChI=1S/C16H15F6NO4S2/c1-23(2)13-9-6-8-12(11-13)7-4-3-5-10-14(28(24,25)15(17,18)19)29(26,27)16(20,21)22/h3-11H,1-2H3/b5-3+,7-4+. The molecule has 0 aliphatic rings. The largest absolute Gasteiger partial charge is 0.502 e. The van der Waals surface area contributed by atoms with Crippen molar-refractivity contribution in [3.05, 3.63) is 58.4 Å². The number of sulfone groups is 2. The molecule has 0 aromatic heterocycles. The fourth-order valence-electron chi connectivity index (χ4n) is 1.82. The maximum Gasteiger partial charge on any atom is 0.502 e. The minimum absolute atomic E-state index is 0.258. The third-order valence-electron chi connectivity index (χ3n) is 3.27. The van der Waals surface area contributed by atoms with Crippen LogP contribution in [0.5, 0.6) is 0 Å². The lowest BCUT2D eigenvalue weighted by molar-refractivity contribution is -0.0444. The van der Waals surface area contributed by atoms with Crippen LogP contribution in [-0.2, 0) is 19.7 Å². The molecule has 0 radical (unpaired) electrons. The summed E-state index contributed by atoms with van der Waals surface area (Å²) in [5.41, 5.74) is -11.0. The lowest BCUT2D eigenvalue weighted by atomic mass is 10.2. The van der Waals surface area contributed by atoms with E-state index in [-0.39, 0.29) is 6.08 Å². The van der Waals surface area contributed by atoms with Crippen LogP contribution in [0.1, 0.15) is 5.56 Å². The molecule has 0 bridgehead atoms. The predicted octanol–water partition coefficient (Wildman–Crippen LogP) is 4.03. The summed E-state index contributed by atoms with van der Waals surface area (Å²) in [4.78, 5) is 1.78. The Labute approximate surface area is 163 Å². The van der Waals surface area contributed by atoms with Crippen molar-refractivity contribution in [1.29, 1.82) is 0 Å². The molecule has 0 fully saturated rings. The molecule has 0 saturated carbocycles. The molecular weight excluding hydrogens is 448 g/mol. The highest BCUT2D eigenvalue weighted by molar-refractivity contribution is 8.15. The van der Waals surface area contributed by atoms with E-state index >= 15 is 0 Å². The lowest BCUT2D eigenvalue weighted by Crippen LogP contribution is -2.34. The van der Waals surface area contributed by atoms with Gasteiger partial charge >= 0.3 is 11.0 Å². The highest BCUT2D eigenvalue weighted by atomic mass is 32.3. The smallest absolute Gasteiger partial charge is 0.378 e. The second-order valence-electron chi connectivity index (χ2n) is 5.62. The SMILES string of the molecule is CN(C)c1cccc(/C=C/C=C/C=C(S(=O)(=O)C(F)(F)F)S(=O)(=O)C(F)(F)F)c1. The number of hydrogen-bond acceptors (Lipinski definition) is 5. The van der Waals surface area contributed by atoms with Crippen molar-refractivity contribution >= 4 is 31.4 Å². The Bertz CT molecular complexity index is 988. The van der Waals surface area contributed by atoms with Crippen molar-refractivity contribution < 1.29 is 43.2 Å². The van der Waals surface area contributed by atoms with Crippen LogP contribution < -0.4 is 4.90 Å². The quantitative estimate of drug-likeness (QED) is 0.471. The Morgan fingerprint density at radius 1 is 0.862 bits per heavy atom. The number of allylic oxidation sites excluding steroid dienone is 4. The molecule has 0 amide bonds. The van der Waals surface area contributed by atoms with Gasteiger partial charge in [-0.2, -0.15) is 26.3 Å². The Morgan fingerprint density at radius 3 is 1.83 bits per heavy atom. The third kappa shape index (κ3) is 5.85. The first-order valence-corrected chi connectivity index (χ1v) is 10.4. The second-order valence-corrected chi connectivity index (χ2v) is 9.70. The van der Waals surface area contributed by atoms with Crippen LogP contribution >= 0.6 is 0 Å². The van der Waals surface area contributed by atoms with E-state index in [0.717, 1.165) is 11.8 Å². The Balaban J connectivity index is 3.31. The van der Waals surface area contributed by atoms with Gasteiger partial charge in [-0.3, -0.25) is 0 Å². The van der Waals surface area contributed by atoms with Crippen molar-refractivity contribution in [1.82, 2.24) is 0 Å². The van der Waals surface area contributed by atoms with Crippen molar-refractivity contribution in [3.8, 4) is 0 Å². The Kier molecular flexibility index (Phi) is 7.35. The lowest BCUT2D eigenvalue weighted by Gasteiger charge is -2.13. The average molecular weight is 463 g/mol. The summed E-state index contributed by atoms with van der Waals surface area (Å²) >= 11 is 0. The van der Waals surface area contributed by atoms with E-state index in [1.807, 2.05) is 0 Å². The molecule has 1 aromatic carbocycles. The molecule has 1 aromatic rings. The molecule has 0 heterocycles. The summed E-state index contributed by atoms with van der Waals surface area (Å²) in [5.74, 6) is 0. The molecule has 0 saturated heterocycles. The molecular formula is C16H15F6NO4S2. The molecule has 1 rings (SSSR count). The van der Waals surface area contributed by atoms with E-state index in [0.29, 0.717) is 11.6 Å². The van der Waals surface area contributed by atoms with Crippen LogP contribution in [0.25, 0.3) is 6.08 Å². The maximum atomic E-state index is 12.6. The molecule has 5 nitrogen and oxygen atoms in total. The minimum Gasteiger partial charge on any atom is -0.378 e. The van der Waals surface area contributed by atoms with Gasteiger partial charge in [0.2, 0.25) is 0 Å². The van der Waals surface area contributed by atoms with Gasteiger partial charge in [0, 0.05) is 19.8 Å². The fraction of sp³-hybridized carbons (Fsp3) is 0.250. The topological polar surface area (TPSA) is 71.5 Å². The number of nitrogens with zero attached hydrogens (tertiary/aromatic N) is 1. The summed E-state index contributed by atoms with van der Waals surface area (Å²) in [6, 6.07) is 6.85. The number of halogens is 6. The summed E-state index contributed by atoms with van der Waals surface area (Å²) in [6.45, 7) is 0. The van der Waals surface area contributed by atoms with Gasteiger partial charge in [0.25, 0.3) is 19.7 Å². The van der Waals surface area contributed by atoms with E-state index in [2.05, 4.69) is 0 Å². The Morgan fingerprint density at radius 2 is 1.38 bits per heavy atom. The first kappa shape index (κ1) is 24.8. The maximum absolute atomic E-state index is 12.6. The molecule has 29 heavy (non-hydrogen) atoms. The van der Waals surface area contributed by atoms with E-state index in [9.17, 15) is 43.2 Å². The third-order valence-corrected chi connectivity index (χ3v) is 7.14. The zero-order valence-corrected chi connectivity index (χ0v) is 16.5. The zero-order valence-electron chi connectivity index (χ0n) is 14.9. The van der Waals surface area contributed by atoms with Gasteiger partial charge in [0.15, 0.2) is 4.24 Å². The molecule has 162 valence electrons. The summed E-state index contributed by atoms with van der Waals surface area (Å²) in [7, 11) is -9.97. The van der Waals surface area contributed by atoms with Gasteiger partial charge in [-0.05, 0) is 23.8 Å².